The molecule has 3 N–H and O–H groups in total. The molecule has 11 heavy (non-hydrogen) atoms. The lowest BCUT2D eigenvalue weighted by Crippen LogP contribution is -2.06. The van der Waals surface area contributed by atoms with Gasteiger partial charge in [0.25, 0.3) is 0 Å². The Labute approximate surface area is 69.4 Å². The fourth-order valence-electron chi connectivity index (χ4n) is 0.701. The Balaban J connectivity index is 3.15. The summed E-state index contributed by atoms with van der Waals surface area (Å²) in [7, 11) is 0. The van der Waals surface area contributed by atoms with Crippen molar-refractivity contribution in [2.45, 2.75) is 0 Å². The van der Waals surface area contributed by atoms with Crippen LogP contribution in [0.2, 0.25) is 5.02 Å². The van der Waals surface area contributed by atoms with Crippen molar-refractivity contribution < 1.29 is 0 Å². The summed E-state index contributed by atoms with van der Waals surface area (Å²) < 4.78 is 0. The van der Waals surface area contributed by atoms with E-state index in [1.807, 2.05) is 6.07 Å². The average Bonchev–Trinajstić information content (AvgIpc) is 2.05. The molecule has 0 saturated heterocycles. The zero-order valence-electron chi connectivity index (χ0n) is 5.63. The van der Waals surface area contributed by atoms with Crippen LogP contribution in [0, 0.1) is 11.3 Å². The van der Waals surface area contributed by atoms with Gasteiger partial charge in [-0.1, -0.05) is 11.6 Å². The van der Waals surface area contributed by atoms with E-state index in [-0.39, 0.29) is 0 Å². The van der Waals surface area contributed by atoms with Gasteiger partial charge in [0.15, 0.2) is 0 Å². The van der Waals surface area contributed by atoms with Gasteiger partial charge in [-0.05, 0) is 18.2 Å². The van der Waals surface area contributed by atoms with E-state index >= 15 is 0 Å². The Hall–Kier alpha value is -1.24. The zero-order chi connectivity index (χ0) is 8.27. The first-order chi connectivity index (χ1) is 5.27. The zero-order valence-corrected chi connectivity index (χ0v) is 6.39. The Kier molecular flexibility index (Phi) is 2.32. The number of hydrogen-bond acceptors (Lipinski definition) is 3. The predicted molar refractivity (Wildman–Crippen MR) is 44.0 cm³/mol. The number of nitrogen functional groups attached to an aromatic ring is 1. The van der Waals surface area contributed by atoms with E-state index in [0.29, 0.717) is 16.3 Å². The number of benzene rings is 1. The maximum atomic E-state index is 8.54. The fraction of sp³-hybridized carbons (Fsp3) is 0. The molecule has 3 nitrogen and oxygen atoms in total. The molecule has 1 aromatic carbocycles. The highest BCUT2D eigenvalue weighted by molar-refractivity contribution is 6.31. The summed E-state index contributed by atoms with van der Waals surface area (Å²) in [5.74, 6) is 5.12. The topological polar surface area (TPSA) is 61.8 Å². The summed E-state index contributed by atoms with van der Waals surface area (Å²) in [6.07, 6.45) is 0. The molecule has 0 spiro atoms. The van der Waals surface area contributed by atoms with Crippen LogP contribution in [-0.2, 0) is 0 Å². The van der Waals surface area contributed by atoms with E-state index in [1.54, 1.807) is 18.2 Å². The minimum atomic E-state index is 0.419. The van der Waals surface area contributed by atoms with Gasteiger partial charge in [-0.15, -0.1) is 0 Å². The molecule has 0 aliphatic rings. The number of hydrazine groups is 1. The van der Waals surface area contributed by atoms with E-state index < -0.39 is 0 Å². The number of nitrogens with one attached hydrogen (secondary N) is 1. The van der Waals surface area contributed by atoms with Crippen molar-refractivity contribution in [1.82, 2.24) is 0 Å². The molecule has 0 fully saturated rings. The van der Waals surface area contributed by atoms with Crippen molar-refractivity contribution >= 4 is 17.3 Å². The lowest BCUT2D eigenvalue weighted by Gasteiger charge is -1.99. The number of nitrogens with two attached hydrogens (primary N) is 1. The summed E-state index contributed by atoms with van der Waals surface area (Å²) in [5, 5.41) is 8.97. The lowest BCUT2D eigenvalue weighted by molar-refractivity contribution is 1.34. The number of halogens is 1. The van der Waals surface area contributed by atoms with Crippen LogP contribution in [0.15, 0.2) is 18.2 Å². The highest BCUT2D eigenvalue weighted by Crippen LogP contribution is 2.18. The predicted octanol–water partition coefficient (Wildman–Crippen LogP) is 1.50. The van der Waals surface area contributed by atoms with Gasteiger partial charge >= 0.3 is 0 Å². The summed E-state index contributed by atoms with van der Waals surface area (Å²) in [4.78, 5) is 0. The molecule has 0 radical (unpaired) electrons. The standard InChI is InChI=1S/C7H6ClN3/c8-7-2-1-6(11-10)3-5(7)4-9/h1-3,11H,10H2. The van der Waals surface area contributed by atoms with Crippen LogP contribution >= 0.6 is 11.6 Å². The van der Waals surface area contributed by atoms with Gasteiger partial charge in [-0.3, -0.25) is 5.84 Å². The Morgan fingerprint density at radius 3 is 2.82 bits per heavy atom. The van der Waals surface area contributed by atoms with Gasteiger partial charge in [0.2, 0.25) is 0 Å². The molecule has 0 atom stereocenters. The number of anilines is 1. The average molecular weight is 168 g/mol. The number of nitrogens with zero attached hydrogens (tertiary/aromatic N) is 1. The second-order valence-electron chi connectivity index (χ2n) is 1.95. The Morgan fingerprint density at radius 1 is 1.55 bits per heavy atom. The van der Waals surface area contributed by atoms with Gasteiger partial charge in [0.1, 0.15) is 6.07 Å². The van der Waals surface area contributed by atoms with Crippen LogP contribution in [0.4, 0.5) is 5.69 Å². The van der Waals surface area contributed by atoms with E-state index in [0.717, 1.165) is 0 Å². The van der Waals surface area contributed by atoms with Gasteiger partial charge in [0, 0.05) is 5.69 Å². The first-order valence-corrected chi connectivity index (χ1v) is 3.32. The third-order valence-corrected chi connectivity index (χ3v) is 1.58. The molecule has 0 heterocycles. The van der Waals surface area contributed by atoms with Crippen LogP contribution in [0.1, 0.15) is 5.56 Å². The van der Waals surface area contributed by atoms with Crippen LogP contribution in [0.3, 0.4) is 0 Å². The highest BCUT2D eigenvalue weighted by atomic mass is 35.5. The molecule has 0 aliphatic carbocycles. The maximum absolute atomic E-state index is 8.54. The molecule has 0 saturated carbocycles. The second kappa shape index (κ2) is 3.24. The number of hydrogen-bond donors (Lipinski definition) is 2. The third-order valence-electron chi connectivity index (χ3n) is 1.25. The quantitative estimate of drug-likeness (QED) is 0.492. The van der Waals surface area contributed by atoms with Gasteiger partial charge in [-0.2, -0.15) is 5.26 Å². The lowest BCUT2D eigenvalue weighted by atomic mass is 10.2. The maximum Gasteiger partial charge on any atom is 0.101 e. The van der Waals surface area contributed by atoms with E-state index in [4.69, 9.17) is 22.7 Å². The van der Waals surface area contributed by atoms with Crippen LogP contribution in [0.5, 0.6) is 0 Å². The molecule has 56 valence electrons. The molecule has 1 rings (SSSR count). The van der Waals surface area contributed by atoms with Gasteiger partial charge < -0.3 is 5.43 Å². The van der Waals surface area contributed by atoms with Gasteiger partial charge in [-0.25, -0.2) is 0 Å². The monoisotopic (exact) mass is 167 g/mol. The molecule has 1 aromatic rings. The Morgan fingerprint density at radius 2 is 2.27 bits per heavy atom. The normalized spacial score (nSPS) is 8.82. The van der Waals surface area contributed by atoms with Crippen molar-refractivity contribution in [3.05, 3.63) is 28.8 Å². The summed E-state index contributed by atoms with van der Waals surface area (Å²) in [6.45, 7) is 0. The number of rotatable bonds is 1. The summed E-state index contributed by atoms with van der Waals surface area (Å²) >= 11 is 5.66. The van der Waals surface area contributed by atoms with Crippen molar-refractivity contribution in [1.29, 1.82) is 5.26 Å². The molecule has 0 amide bonds. The van der Waals surface area contributed by atoms with Crippen molar-refractivity contribution in [2.24, 2.45) is 5.84 Å². The van der Waals surface area contributed by atoms with Gasteiger partial charge in [0.05, 0.1) is 10.6 Å². The summed E-state index contributed by atoms with van der Waals surface area (Å²) in [6, 6.07) is 6.85. The van der Waals surface area contributed by atoms with Crippen molar-refractivity contribution in [3.63, 3.8) is 0 Å². The van der Waals surface area contributed by atoms with Crippen molar-refractivity contribution in [3.8, 4) is 6.07 Å². The van der Waals surface area contributed by atoms with Crippen LogP contribution in [0.25, 0.3) is 0 Å². The molecular weight excluding hydrogens is 162 g/mol. The molecule has 0 bridgehead atoms. The van der Waals surface area contributed by atoms with E-state index in [1.165, 1.54) is 0 Å². The van der Waals surface area contributed by atoms with E-state index in [2.05, 4.69) is 5.43 Å². The largest absolute Gasteiger partial charge is 0.324 e. The SMILES string of the molecule is N#Cc1cc(NN)ccc1Cl. The highest BCUT2D eigenvalue weighted by Gasteiger charge is 1.98. The minimum absolute atomic E-state index is 0.419. The fourth-order valence-corrected chi connectivity index (χ4v) is 0.861. The smallest absolute Gasteiger partial charge is 0.101 e. The minimum Gasteiger partial charge on any atom is -0.324 e. The number of nitriles is 1. The first kappa shape index (κ1) is 7.86. The second-order valence-corrected chi connectivity index (χ2v) is 2.36. The summed E-state index contributed by atoms with van der Waals surface area (Å²) in [5.41, 5.74) is 3.51. The van der Waals surface area contributed by atoms with Crippen LogP contribution in [-0.4, -0.2) is 0 Å². The Bertz CT molecular complexity index is 303. The first-order valence-electron chi connectivity index (χ1n) is 2.94. The van der Waals surface area contributed by atoms with Crippen LogP contribution < -0.4 is 11.3 Å². The molecular formula is C7H6ClN3. The molecule has 0 aliphatic heterocycles. The molecule has 0 unspecified atom stereocenters. The van der Waals surface area contributed by atoms with Crippen molar-refractivity contribution in [2.75, 3.05) is 5.43 Å². The molecule has 0 aromatic heterocycles. The molecule has 4 heteroatoms. The van der Waals surface area contributed by atoms with E-state index in [9.17, 15) is 0 Å². The third kappa shape index (κ3) is 1.61.